The first kappa shape index (κ1) is 30.7. The van der Waals surface area contributed by atoms with E-state index >= 15 is 0 Å². The largest absolute Gasteiger partial charge is 0.430 e. The molecule has 0 aliphatic carbocycles. The molecule has 0 radical (unpaired) electrons. The normalized spacial score (nSPS) is 14.9. The van der Waals surface area contributed by atoms with Crippen LogP contribution in [0, 0.1) is 12.0 Å². The molecule has 0 saturated carbocycles. The fourth-order valence-corrected chi connectivity index (χ4v) is 3.11. The van der Waals surface area contributed by atoms with Crippen molar-refractivity contribution in [3.8, 4) is 12.0 Å². The molecule has 0 amide bonds. The van der Waals surface area contributed by atoms with E-state index in [2.05, 4.69) is 9.47 Å². The highest BCUT2D eigenvalue weighted by molar-refractivity contribution is 5.42. The molecule has 1 rings (SSSR count). The maximum Gasteiger partial charge on any atom is 0.430 e. The van der Waals surface area contributed by atoms with Crippen molar-refractivity contribution in [1.29, 1.82) is 0 Å². The van der Waals surface area contributed by atoms with Gasteiger partial charge in [0.15, 0.2) is 5.41 Å². The number of alkyl halides is 12. The highest BCUT2D eigenvalue weighted by atomic mass is 19.4. The molecule has 0 bridgehead atoms. The van der Waals surface area contributed by atoms with Gasteiger partial charge in [0.05, 0.1) is 0 Å². The fourth-order valence-electron chi connectivity index (χ4n) is 3.11. The number of hydrogen-bond acceptors (Lipinski definition) is 2. The van der Waals surface area contributed by atoms with Crippen LogP contribution >= 0.6 is 0 Å². The molecule has 35 heavy (non-hydrogen) atoms. The summed E-state index contributed by atoms with van der Waals surface area (Å²) in [6.45, 7) is 1.61. The zero-order valence-electron chi connectivity index (χ0n) is 18.6. The number of benzene rings is 1. The van der Waals surface area contributed by atoms with Gasteiger partial charge >= 0.3 is 24.7 Å². The van der Waals surface area contributed by atoms with Gasteiger partial charge in [-0.3, -0.25) is 0 Å². The molecule has 0 aliphatic heterocycles. The minimum atomic E-state index is -6.38. The quantitative estimate of drug-likeness (QED) is 0.154. The van der Waals surface area contributed by atoms with Crippen LogP contribution in [0.5, 0.6) is 0 Å². The molecule has 0 saturated heterocycles. The van der Waals surface area contributed by atoms with Gasteiger partial charge in [0.2, 0.25) is 6.79 Å². The Morgan fingerprint density at radius 1 is 0.771 bits per heavy atom. The third-order valence-corrected chi connectivity index (χ3v) is 5.56. The van der Waals surface area contributed by atoms with Crippen molar-refractivity contribution < 1.29 is 62.2 Å². The maximum atomic E-state index is 14.0. The third-order valence-electron chi connectivity index (χ3n) is 5.56. The van der Waals surface area contributed by atoms with Crippen molar-refractivity contribution in [2.75, 3.05) is 6.79 Å². The van der Waals surface area contributed by atoms with Crippen molar-refractivity contribution in [2.24, 2.45) is 0 Å². The molecular formula is C21H20F12O2. The summed E-state index contributed by atoms with van der Waals surface area (Å²) in [5.41, 5.74) is -14.6. The predicted octanol–water partition coefficient (Wildman–Crippen LogP) is 7.87. The molecular weight excluding hydrogens is 512 g/mol. The maximum absolute atomic E-state index is 14.0. The van der Waals surface area contributed by atoms with Gasteiger partial charge in [0, 0.05) is 12.5 Å². The lowest BCUT2D eigenvalue weighted by Gasteiger charge is -2.39. The standard InChI is InChI=1S/C21H20F12O2/c1-5-7-34-11-35-17(20(28,29)30,21(31,32)33)15-9-13(12(3)6-2)8-14(10-15)16(4,18(22,23)24)19(25,26)27/h8-10,12H,6,11H2,1-4H3. The van der Waals surface area contributed by atoms with Crippen LogP contribution in [0.3, 0.4) is 0 Å². The van der Waals surface area contributed by atoms with Crippen LogP contribution in [0.2, 0.25) is 0 Å². The van der Waals surface area contributed by atoms with E-state index in [-0.39, 0.29) is 19.4 Å². The second-order valence-electron chi connectivity index (χ2n) is 7.71. The Morgan fingerprint density at radius 2 is 1.23 bits per heavy atom. The van der Waals surface area contributed by atoms with Crippen molar-refractivity contribution in [3.63, 3.8) is 0 Å². The van der Waals surface area contributed by atoms with Gasteiger partial charge in [-0.05, 0) is 30.4 Å². The molecule has 0 spiro atoms. The minimum absolute atomic E-state index is 0.0290. The first-order valence-electron chi connectivity index (χ1n) is 9.72. The van der Waals surface area contributed by atoms with Crippen LogP contribution in [0.4, 0.5) is 52.7 Å². The van der Waals surface area contributed by atoms with Crippen molar-refractivity contribution in [3.05, 3.63) is 34.9 Å². The Hall–Kier alpha value is -2.30. The average Bonchev–Trinajstić information content (AvgIpc) is 2.68. The summed E-state index contributed by atoms with van der Waals surface area (Å²) in [6, 6.07) is 0.103. The van der Waals surface area contributed by atoms with Crippen molar-refractivity contribution in [1.82, 2.24) is 0 Å². The highest BCUT2D eigenvalue weighted by Crippen LogP contribution is 2.56. The molecule has 14 heteroatoms. The summed E-state index contributed by atoms with van der Waals surface area (Å²) in [7, 11) is 0. The lowest BCUT2D eigenvalue weighted by molar-refractivity contribution is -0.399. The molecule has 0 fully saturated rings. The molecule has 1 aromatic carbocycles. The van der Waals surface area contributed by atoms with E-state index in [9.17, 15) is 52.7 Å². The summed E-state index contributed by atoms with van der Waals surface area (Å²) in [5, 5.41) is 0. The van der Waals surface area contributed by atoms with Gasteiger partial charge in [0.1, 0.15) is 6.11 Å². The topological polar surface area (TPSA) is 18.5 Å². The zero-order valence-corrected chi connectivity index (χ0v) is 18.6. The van der Waals surface area contributed by atoms with E-state index in [0.29, 0.717) is 6.07 Å². The highest BCUT2D eigenvalue weighted by Gasteiger charge is 2.74. The summed E-state index contributed by atoms with van der Waals surface area (Å²) < 4.78 is 174. The van der Waals surface area contributed by atoms with E-state index in [0.717, 1.165) is 6.92 Å². The number of ether oxygens (including phenoxy) is 2. The monoisotopic (exact) mass is 532 g/mol. The van der Waals surface area contributed by atoms with E-state index < -0.39 is 71.2 Å². The Kier molecular flexibility index (Phi) is 8.77. The Labute approximate surface area is 192 Å². The molecule has 1 unspecified atom stereocenters. The molecule has 2 nitrogen and oxygen atoms in total. The number of rotatable bonds is 7. The van der Waals surface area contributed by atoms with Gasteiger partial charge < -0.3 is 9.47 Å². The molecule has 0 N–H and O–H groups in total. The van der Waals surface area contributed by atoms with Crippen LogP contribution in [0.15, 0.2) is 18.2 Å². The first-order valence-corrected chi connectivity index (χ1v) is 9.72. The summed E-state index contributed by atoms with van der Waals surface area (Å²) >= 11 is 0. The molecule has 200 valence electrons. The Bertz CT molecular complexity index is 901. The molecule has 0 aliphatic rings. The average molecular weight is 532 g/mol. The van der Waals surface area contributed by atoms with Gasteiger partial charge in [-0.2, -0.15) is 52.7 Å². The van der Waals surface area contributed by atoms with Crippen molar-refractivity contribution >= 4 is 0 Å². The second-order valence-corrected chi connectivity index (χ2v) is 7.71. The molecule has 0 heterocycles. The van der Waals surface area contributed by atoms with Crippen molar-refractivity contribution in [2.45, 2.75) is 75.8 Å². The predicted molar refractivity (Wildman–Crippen MR) is 98.9 cm³/mol. The van der Waals surface area contributed by atoms with Crippen LogP contribution in [-0.2, 0) is 20.5 Å². The SMILES string of the molecule is CC#COCOC(c1cc(C(C)CC)cc(C(C)(C(F)(F)F)C(F)(F)F)c1)(C(F)(F)F)C(F)(F)F. The second kappa shape index (κ2) is 9.99. The lowest BCUT2D eigenvalue weighted by atomic mass is 9.76. The number of halogens is 12. The summed E-state index contributed by atoms with van der Waals surface area (Å²) in [4.78, 5) is 0. The smallest absolute Gasteiger partial charge is 0.417 e. The van der Waals surface area contributed by atoms with E-state index in [1.54, 1.807) is 6.11 Å². The summed E-state index contributed by atoms with van der Waals surface area (Å²) in [5.74, 6) is 0.987. The van der Waals surface area contributed by atoms with Gasteiger partial charge in [0.25, 0.3) is 5.60 Å². The van der Waals surface area contributed by atoms with Gasteiger partial charge in [-0.1, -0.05) is 38.0 Å². The van der Waals surface area contributed by atoms with Crippen LogP contribution in [0.1, 0.15) is 56.7 Å². The number of hydrogen-bond donors (Lipinski definition) is 0. The third kappa shape index (κ3) is 5.59. The fraction of sp³-hybridized carbons (Fsp3) is 0.619. The minimum Gasteiger partial charge on any atom is -0.417 e. The molecule has 1 atom stereocenters. The zero-order chi connectivity index (χ0) is 27.7. The molecule has 0 aromatic heterocycles. The summed E-state index contributed by atoms with van der Waals surface area (Å²) in [6.07, 6.45) is -23.4. The molecule has 1 aromatic rings. The first-order chi connectivity index (χ1) is 15.6. The lowest BCUT2D eigenvalue weighted by Crippen LogP contribution is -2.57. The van der Waals surface area contributed by atoms with Crippen LogP contribution in [0.25, 0.3) is 0 Å². The Morgan fingerprint density at radius 3 is 1.60 bits per heavy atom. The van der Waals surface area contributed by atoms with Gasteiger partial charge in [-0.15, -0.1) is 0 Å². The van der Waals surface area contributed by atoms with Gasteiger partial charge in [-0.25, -0.2) is 0 Å². The van der Waals surface area contributed by atoms with Crippen LogP contribution < -0.4 is 0 Å². The van der Waals surface area contributed by atoms with E-state index in [1.807, 2.05) is 5.92 Å². The van der Waals surface area contributed by atoms with Crippen LogP contribution in [-0.4, -0.2) is 31.5 Å². The van der Waals surface area contributed by atoms with E-state index in [4.69, 9.17) is 0 Å². The Balaban J connectivity index is 4.20. The van der Waals surface area contributed by atoms with E-state index in [1.165, 1.54) is 13.8 Å².